The summed E-state index contributed by atoms with van der Waals surface area (Å²) >= 11 is 0. The lowest BCUT2D eigenvalue weighted by molar-refractivity contribution is -0.134. The maximum atomic E-state index is 12.7. The van der Waals surface area contributed by atoms with Crippen LogP contribution in [0.1, 0.15) is 20.3 Å². The molecule has 0 saturated carbocycles. The van der Waals surface area contributed by atoms with Crippen LogP contribution in [0.25, 0.3) is 0 Å². The van der Waals surface area contributed by atoms with Crippen molar-refractivity contribution in [3.8, 4) is 5.75 Å². The molecule has 25 heavy (non-hydrogen) atoms. The van der Waals surface area contributed by atoms with E-state index in [0.717, 1.165) is 37.7 Å². The number of hydrogen-bond donors (Lipinski definition) is 1. The molecule has 3 rings (SSSR count). The highest BCUT2D eigenvalue weighted by Crippen LogP contribution is 2.34. The highest BCUT2D eigenvalue weighted by atomic mass is 16.5. The van der Waals surface area contributed by atoms with Crippen LogP contribution in [-0.4, -0.2) is 68.9 Å². The molecule has 0 aliphatic carbocycles. The Balaban J connectivity index is 1.66. The minimum Gasteiger partial charge on any atom is -0.495 e. The quantitative estimate of drug-likeness (QED) is 0.895. The van der Waals surface area contributed by atoms with Crippen molar-refractivity contribution in [2.24, 2.45) is 0 Å². The van der Waals surface area contributed by atoms with Crippen LogP contribution >= 0.6 is 0 Å². The van der Waals surface area contributed by atoms with Crippen LogP contribution in [-0.2, 0) is 9.53 Å². The van der Waals surface area contributed by atoms with Crippen molar-refractivity contribution in [1.29, 1.82) is 0 Å². The summed E-state index contributed by atoms with van der Waals surface area (Å²) in [5, 5.41) is 3.36. The van der Waals surface area contributed by atoms with Gasteiger partial charge in [0.1, 0.15) is 5.75 Å². The van der Waals surface area contributed by atoms with E-state index in [0.29, 0.717) is 19.6 Å². The Morgan fingerprint density at radius 2 is 2.16 bits per heavy atom. The maximum absolute atomic E-state index is 12.7. The molecule has 0 bridgehead atoms. The molecule has 0 unspecified atom stereocenters. The summed E-state index contributed by atoms with van der Waals surface area (Å²) in [6.07, 6.45) is 0.505. The molecule has 138 valence electrons. The van der Waals surface area contributed by atoms with E-state index in [1.165, 1.54) is 0 Å². The number of anilines is 1. The molecule has 2 heterocycles. The predicted molar refractivity (Wildman–Crippen MR) is 98.2 cm³/mol. The maximum Gasteiger partial charge on any atom is 0.224 e. The van der Waals surface area contributed by atoms with Gasteiger partial charge in [0, 0.05) is 38.6 Å². The van der Waals surface area contributed by atoms with Crippen molar-refractivity contribution in [2.45, 2.75) is 31.8 Å². The number of morpholine rings is 1. The molecule has 0 aromatic heterocycles. The van der Waals surface area contributed by atoms with Crippen LogP contribution in [0.4, 0.5) is 5.69 Å². The van der Waals surface area contributed by atoms with Gasteiger partial charge in [-0.05, 0) is 26.0 Å². The first-order valence-electron chi connectivity index (χ1n) is 9.01. The smallest absolute Gasteiger partial charge is 0.224 e. The fourth-order valence-corrected chi connectivity index (χ4v) is 3.76. The largest absolute Gasteiger partial charge is 0.495 e. The Bertz CT molecular complexity index is 599. The van der Waals surface area contributed by atoms with Gasteiger partial charge in [0.2, 0.25) is 5.91 Å². The van der Waals surface area contributed by atoms with E-state index in [4.69, 9.17) is 9.47 Å². The molecule has 6 heteroatoms. The van der Waals surface area contributed by atoms with Crippen molar-refractivity contribution < 1.29 is 14.3 Å². The zero-order valence-electron chi connectivity index (χ0n) is 15.5. The van der Waals surface area contributed by atoms with Gasteiger partial charge in [0.05, 0.1) is 31.5 Å². The van der Waals surface area contributed by atoms with Gasteiger partial charge in [-0.25, -0.2) is 0 Å². The van der Waals surface area contributed by atoms with Crippen LogP contribution in [0.2, 0.25) is 0 Å². The SMILES string of the molecule is COc1ccccc1N1CCN(C(=O)C[C@@H]2COCCN2)CC1(C)C. The molecule has 1 aromatic carbocycles. The van der Waals surface area contributed by atoms with Crippen molar-refractivity contribution in [1.82, 2.24) is 10.2 Å². The third-order valence-electron chi connectivity index (χ3n) is 5.05. The van der Waals surface area contributed by atoms with Crippen LogP contribution < -0.4 is 15.0 Å². The molecule has 2 aliphatic heterocycles. The van der Waals surface area contributed by atoms with E-state index < -0.39 is 0 Å². The number of hydrogen-bond acceptors (Lipinski definition) is 5. The molecule has 0 spiro atoms. The molecule has 1 aromatic rings. The normalized spacial score (nSPS) is 23.4. The summed E-state index contributed by atoms with van der Waals surface area (Å²) in [4.78, 5) is 17.0. The molecule has 0 radical (unpaired) electrons. The second-order valence-electron chi connectivity index (χ2n) is 7.38. The number of rotatable bonds is 4. The Labute approximate surface area is 150 Å². The minimum atomic E-state index is -0.154. The van der Waals surface area contributed by atoms with Gasteiger partial charge in [-0.3, -0.25) is 4.79 Å². The number of benzene rings is 1. The van der Waals surface area contributed by atoms with E-state index >= 15 is 0 Å². The summed E-state index contributed by atoms with van der Waals surface area (Å²) in [5.41, 5.74) is 0.934. The zero-order valence-corrected chi connectivity index (χ0v) is 15.5. The number of nitrogens with one attached hydrogen (secondary N) is 1. The molecular weight excluding hydrogens is 318 g/mol. The number of carbonyl (C=O) groups is 1. The predicted octanol–water partition coefficient (Wildman–Crippen LogP) is 1.50. The van der Waals surface area contributed by atoms with Gasteiger partial charge in [-0.1, -0.05) is 12.1 Å². The highest BCUT2D eigenvalue weighted by molar-refractivity contribution is 5.77. The zero-order chi connectivity index (χ0) is 17.9. The van der Waals surface area contributed by atoms with E-state index in [2.05, 4.69) is 30.1 Å². The summed E-state index contributed by atoms with van der Waals surface area (Å²) in [6.45, 7) is 8.78. The van der Waals surface area contributed by atoms with Gasteiger partial charge < -0.3 is 24.6 Å². The lowest BCUT2D eigenvalue weighted by Crippen LogP contribution is -2.61. The Morgan fingerprint density at radius 1 is 1.36 bits per heavy atom. The van der Waals surface area contributed by atoms with E-state index in [9.17, 15) is 4.79 Å². The summed E-state index contributed by atoms with van der Waals surface area (Å²) in [6, 6.07) is 8.21. The summed E-state index contributed by atoms with van der Waals surface area (Å²) in [7, 11) is 1.70. The van der Waals surface area contributed by atoms with Crippen LogP contribution in [0, 0.1) is 0 Å². The molecule has 2 saturated heterocycles. The Morgan fingerprint density at radius 3 is 2.84 bits per heavy atom. The third kappa shape index (κ3) is 4.07. The standard InChI is InChI=1S/C19H29N3O3/c1-19(2)14-21(18(23)12-15-13-25-11-8-20-15)9-10-22(19)16-6-4-5-7-17(16)24-3/h4-7,15,20H,8-14H2,1-3H3/t15-/m1/s1. The average molecular weight is 347 g/mol. The first-order chi connectivity index (χ1) is 12.0. The van der Waals surface area contributed by atoms with Crippen molar-refractivity contribution >= 4 is 11.6 Å². The number of nitrogens with zero attached hydrogens (tertiary/aromatic N) is 2. The van der Waals surface area contributed by atoms with Crippen molar-refractivity contribution in [3.63, 3.8) is 0 Å². The van der Waals surface area contributed by atoms with Crippen LogP contribution in [0.5, 0.6) is 5.75 Å². The highest BCUT2D eigenvalue weighted by Gasteiger charge is 2.37. The van der Waals surface area contributed by atoms with Crippen LogP contribution in [0.3, 0.4) is 0 Å². The number of methoxy groups -OCH3 is 1. The van der Waals surface area contributed by atoms with Gasteiger partial charge in [-0.2, -0.15) is 0 Å². The summed E-state index contributed by atoms with van der Waals surface area (Å²) < 4.78 is 11.0. The van der Waals surface area contributed by atoms with Crippen LogP contribution in [0.15, 0.2) is 24.3 Å². The van der Waals surface area contributed by atoms with E-state index in [-0.39, 0.29) is 17.5 Å². The average Bonchev–Trinajstić information content (AvgIpc) is 2.61. The number of amides is 1. The third-order valence-corrected chi connectivity index (χ3v) is 5.05. The topological polar surface area (TPSA) is 54.0 Å². The second-order valence-corrected chi connectivity index (χ2v) is 7.38. The number of carbonyl (C=O) groups excluding carboxylic acids is 1. The molecule has 6 nitrogen and oxygen atoms in total. The molecule has 2 fully saturated rings. The fraction of sp³-hybridized carbons (Fsp3) is 0.632. The number of piperazine rings is 1. The minimum absolute atomic E-state index is 0.136. The molecule has 1 amide bonds. The first-order valence-corrected chi connectivity index (χ1v) is 9.01. The van der Waals surface area contributed by atoms with Crippen molar-refractivity contribution in [2.75, 3.05) is 51.4 Å². The first kappa shape index (κ1) is 18.0. The van der Waals surface area contributed by atoms with Gasteiger partial charge in [0.15, 0.2) is 0 Å². The van der Waals surface area contributed by atoms with E-state index in [1.807, 2.05) is 23.1 Å². The van der Waals surface area contributed by atoms with E-state index in [1.54, 1.807) is 7.11 Å². The lowest BCUT2D eigenvalue weighted by Gasteiger charge is -2.49. The fourth-order valence-electron chi connectivity index (χ4n) is 3.76. The van der Waals surface area contributed by atoms with Gasteiger partial charge >= 0.3 is 0 Å². The van der Waals surface area contributed by atoms with Gasteiger partial charge in [-0.15, -0.1) is 0 Å². The molecular formula is C19H29N3O3. The number of para-hydroxylation sites is 2. The van der Waals surface area contributed by atoms with Gasteiger partial charge in [0.25, 0.3) is 0 Å². The molecule has 1 atom stereocenters. The Hall–Kier alpha value is -1.79. The molecule has 2 aliphatic rings. The second kappa shape index (κ2) is 7.62. The molecule has 1 N–H and O–H groups in total. The lowest BCUT2D eigenvalue weighted by atomic mass is 9.96. The number of ether oxygens (including phenoxy) is 2. The Kier molecular flexibility index (Phi) is 5.49. The summed E-state index contributed by atoms with van der Waals surface area (Å²) in [5.74, 6) is 1.08. The monoisotopic (exact) mass is 347 g/mol. The van der Waals surface area contributed by atoms with Crippen molar-refractivity contribution in [3.05, 3.63) is 24.3 Å².